The number of benzene rings is 1. The van der Waals surface area contributed by atoms with Crippen LogP contribution < -0.4 is 5.32 Å². The largest absolute Gasteiger partial charge is 0.310 e. The van der Waals surface area contributed by atoms with Gasteiger partial charge in [-0.2, -0.15) is 0 Å². The van der Waals surface area contributed by atoms with Gasteiger partial charge < -0.3 is 5.32 Å². The summed E-state index contributed by atoms with van der Waals surface area (Å²) in [4.78, 5) is 10.4. The lowest BCUT2D eigenvalue weighted by molar-refractivity contribution is -0.385. The van der Waals surface area contributed by atoms with E-state index < -0.39 is 0 Å². The summed E-state index contributed by atoms with van der Waals surface area (Å²) in [6, 6.07) is 5.70. The summed E-state index contributed by atoms with van der Waals surface area (Å²) < 4.78 is 0. The van der Waals surface area contributed by atoms with Gasteiger partial charge in [0.05, 0.1) is 4.92 Å². The molecule has 4 nitrogen and oxygen atoms in total. The molecule has 1 heterocycles. The number of nitro groups is 1. The number of fused-ring (bicyclic) bond motifs is 1. The normalized spacial score (nSPS) is 20.2. The molecule has 0 spiro atoms. The fourth-order valence-corrected chi connectivity index (χ4v) is 1.87. The third kappa shape index (κ3) is 1.48. The van der Waals surface area contributed by atoms with Crippen LogP contribution in [0, 0.1) is 10.1 Å². The van der Waals surface area contributed by atoms with Gasteiger partial charge in [0.15, 0.2) is 0 Å². The summed E-state index contributed by atoms with van der Waals surface area (Å²) in [6.07, 6.45) is 0.872. The Morgan fingerprint density at radius 2 is 2.36 bits per heavy atom. The average Bonchev–Trinajstić information content (AvgIpc) is 2.16. The van der Waals surface area contributed by atoms with E-state index in [0.717, 1.165) is 17.5 Å². The van der Waals surface area contributed by atoms with Gasteiger partial charge in [-0.05, 0) is 18.9 Å². The van der Waals surface area contributed by atoms with Gasteiger partial charge in [0.2, 0.25) is 0 Å². The first-order valence-corrected chi connectivity index (χ1v) is 4.67. The van der Waals surface area contributed by atoms with Crippen molar-refractivity contribution in [2.75, 3.05) is 0 Å². The van der Waals surface area contributed by atoms with Crippen molar-refractivity contribution in [2.45, 2.75) is 25.9 Å². The highest BCUT2D eigenvalue weighted by Crippen LogP contribution is 2.25. The Hall–Kier alpha value is -1.42. The van der Waals surface area contributed by atoms with E-state index in [2.05, 4.69) is 12.2 Å². The number of rotatable bonds is 1. The molecule has 1 aromatic carbocycles. The lowest BCUT2D eigenvalue weighted by Gasteiger charge is -2.22. The summed E-state index contributed by atoms with van der Waals surface area (Å²) in [5.41, 5.74) is 2.18. The van der Waals surface area contributed by atoms with E-state index in [1.54, 1.807) is 12.1 Å². The molecule has 4 heteroatoms. The van der Waals surface area contributed by atoms with Gasteiger partial charge in [-0.15, -0.1) is 0 Å². The first-order valence-electron chi connectivity index (χ1n) is 4.67. The zero-order valence-corrected chi connectivity index (χ0v) is 7.99. The van der Waals surface area contributed by atoms with Gasteiger partial charge >= 0.3 is 0 Å². The van der Waals surface area contributed by atoms with Crippen molar-refractivity contribution in [1.29, 1.82) is 0 Å². The van der Waals surface area contributed by atoms with Crippen molar-refractivity contribution in [3.05, 3.63) is 39.4 Å². The van der Waals surface area contributed by atoms with Gasteiger partial charge in [-0.25, -0.2) is 0 Å². The van der Waals surface area contributed by atoms with Crippen LogP contribution in [0.5, 0.6) is 0 Å². The van der Waals surface area contributed by atoms with E-state index in [1.165, 1.54) is 0 Å². The van der Waals surface area contributed by atoms with Crippen molar-refractivity contribution < 1.29 is 4.92 Å². The second-order valence-corrected chi connectivity index (χ2v) is 3.66. The monoisotopic (exact) mass is 192 g/mol. The van der Waals surface area contributed by atoms with Crippen molar-refractivity contribution in [3.63, 3.8) is 0 Å². The Bertz CT molecular complexity index is 376. The van der Waals surface area contributed by atoms with Crippen LogP contribution in [0.4, 0.5) is 5.69 Å². The molecule has 74 valence electrons. The topological polar surface area (TPSA) is 55.2 Å². The fraction of sp³-hybridized carbons (Fsp3) is 0.400. The lowest BCUT2D eigenvalue weighted by Crippen LogP contribution is -2.33. The van der Waals surface area contributed by atoms with E-state index in [1.807, 2.05) is 6.07 Å². The van der Waals surface area contributed by atoms with Crippen molar-refractivity contribution in [2.24, 2.45) is 0 Å². The maximum Gasteiger partial charge on any atom is 0.274 e. The highest BCUT2D eigenvalue weighted by atomic mass is 16.6. The Balaban J connectivity index is 2.46. The van der Waals surface area contributed by atoms with Crippen LogP contribution in [0.25, 0.3) is 0 Å². The minimum Gasteiger partial charge on any atom is -0.310 e. The van der Waals surface area contributed by atoms with Crippen molar-refractivity contribution in [1.82, 2.24) is 5.32 Å². The molecule has 1 aromatic rings. The molecule has 0 amide bonds. The standard InChI is InChI=1S/C10H12N2O2/c1-7-5-8-3-2-4-10(12(13)14)9(8)6-11-7/h2-4,7,11H,5-6H2,1H3/t7-/m1/s1. The molecule has 1 aliphatic rings. The number of nitrogens with zero attached hydrogens (tertiary/aromatic N) is 1. The maximum absolute atomic E-state index is 10.7. The predicted octanol–water partition coefficient (Wildman–Crippen LogP) is 1.63. The number of hydrogen-bond acceptors (Lipinski definition) is 3. The second-order valence-electron chi connectivity index (χ2n) is 3.66. The predicted molar refractivity (Wildman–Crippen MR) is 53.1 cm³/mol. The van der Waals surface area contributed by atoms with Crippen LogP contribution in [-0.4, -0.2) is 11.0 Å². The summed E-state index contributed by atoms with van der Waals surface area (Å²) >= 11 is 0. The Labute approximate surface area is 82.1 Å². The molecule has 1 aliphatic heterocycles. The van der Waals surface area contributed by atoms with E-state index in [9.17, 15) is 10.1 Å². The average molecular weight is 192 g/mol. The van der Waals surface area contributed by atoms with Crippen LogP contribution in [0.3, 0.4) is 0 Å². The highest BCUT2D eigenvalue weighted by molar-refractivity contribution is 5.46. The molecule has 0 unspecified atom stereocenters. The second kappa shape index (κ2) is 3.38. The molecule has 2 rings (SSSR count). The highest BCUT2D eigenvalue weighted by Gasteiger charge is 2.22. The smallest absolute Gasteiger partial charge is 0.274 e. The van der Waals surface area contributed by atoms with Crippen molar-refractivity contribution in [3.8, 4) is 0 Å². The molecule has 1 atom stereocenters. The Morgan fingerprint density at radius 1 is 1.57 bits per heavy atom. The Kier molecular flexibility index (Phi) is 2.21. The molecule has 0 aromatic heterocycles. The van der Waals surface area contributed by atoms with Gasteiger partial charge in [0.1, 0.15) is 0 Å². The first-order chi connectivity index (χ1) is 6.68. The van der Waals surface area contributed by atoms with E-state index >= 15 is 0 Å². The van der Waals surface area contributed by atoms with Crippen LogP contribution in [0.2, 0.25) is 0 Å². The van der Waals surface area contributed by atoms with E-state index in [4.69, 9.17) is 0 Å². The molecular formula is C10H12N2O2. The van der Waals surface area contributed by atoms with Crippen LogP contribution in [-0.2, 0) is 13.0 Å². The Morgan fingerprint density at radius 3 is 3.07 bits per heavy atom. The van der Waals surface area contributed by atoms with Crippen LogP contribution >= 0.6 is 0 Å². The number of nitro benzene ring substituents is 1. The molecule has 0 radical (unpaired) electrons. The van der Waals surface area contributed by atoms with Crippen LogP contribution in [0.1, 0.15) is 18.1 Å². The van der Waals surface area contributed by atoms with Gasteiger partial charge in [-0.3, -0.25) is 10.1 Å². The van der Waals surface area contributed by atoms with Crippen LogP contribution in [0.15, 0.2) is 18.2 Å². The fourth-order valence-electron chi connectivity index (χ4n) is 1.87. The third-order valence-electron chi connectivity index (χ3n) is 2.60. The van der Waals surface area contributed by atoms with Crippen molar-refractivity contribution >= 4 is 5.69 Å². The van der Waals surface area contributed by atoms with Gasteiger partial charge in [0, 0.05) is 24.2 Å². The summed E-state index contributed by atoms with van der Waals surface area (Å²) in [5.74, 6) is 0. The minimum atomic E-state index is -0.309. The van der Waals surface area contributed by atoms with Gasteiger partial charge in [0.25, 0.3) is 5.69 Å². The zero-order chi connectivity index (χ0) is 10.1. The SMILES string of the molecule is C[C@@H]1Cc2cccc([N+](=O)[O-])c2CN1. The molecule has 0 aliphatic carbocycles. The molecule has 0 fully saturated rings. The third-order valence-corrected chi connectivity index (χ3v) is 2.60. The quantitative estimate of drug-likeness (QED) is 0.543. The van der Waals surface area contributed by atoms with Gasteiger partial charge in [-0.1, -0.05) is 12.1 Å². The first kappa shape index (κ1) is 9.15. The number of nitrogens with one attached hydrogen (secondary N) is 1. The maximum atomic E-state index is 10.7. The molecule has 0 bridgehead atoms. The van der Waals surface area contributed by atoms with E-state index in [0.29, 0.717) is 12.6 Å². The summed E-state index contributed by atoms with van der Waals surface area (Å²) in [7, 11) is 0. The summed E-state index contributed by atoms with van der Waals surface area (Å²) in [6.45, 7) is 2.69. The lowest BCUT2D eigenvalue weighted by atomic mass is 9.95. The number of hydrogen-bond donors (Lipinski definition) is 1. The molecule has 14 heavy (non-hydrogen) atoms. The molecule has 1 N–H and O–H groups in total. The van der Waals surface area contributed by atoms with E-state index in [-0.39, 0.29) is 10.6 Å². The minimum absolute atomic E-state index is 0.238. The molecular weight excluding hydrogens is 180 g/mol. The molecule has 0 saturated heterocycles. The summed E-state index contributed by atoms with van der Waals surface area (Å²) in [5, 5.41) is 14.0. The molecule has 0 saturated carbocycles. The zero-order valence-electron chi connectivity index (χ0n) is 7.99.